The van der Waals surface area contributed by atoms with Crippen LogP contribution in [0.2, 0.25) is 0 Å². The van der Waals surface area contributed by atoms with Crippen LogP contribution in [0.5, 0.6) is 11.5 Å². The monoisotopic (exact) mass is 398 g/mol. The summed E-state index contributed by atoms with van der Waals surface area (Å²) in [7, 11) is 0. The van der Waals surface area contributed by atoms with Gasteiger partial charge in [0.15, 0.2) is 11.5 Å². The third kappa shape index (κ3) is 4.31. The Morgan fingerprint density at radius 1 is 1.03 bits per heavy atom. The quantitative estimate of drug-likeness (QED) is 0.624. The normalized spacial score (nSPS) is 14.0. The summed E-state index contributed by atoms with van der Waals surface area (Å²) < 4.78 is 10.4. The number of amides is 2. The third-order valence-corrected chi connectivity index (χ3v) is 4.97. The van der Waals surface area contributed by atoms with Crippen molar-refractivity contribution in [1.82, 2.24) is 10.6 Å². The van der Waals surface area contributed by atoms with Gasteiger partial charge in [0.05, 0.1) is 6.54 Å². The number of carbonyl (C=O) groups excluding carboxylic acids is 2. The average Bonchev–Trinajstić information content (AvgIpc) is 3.21. The van der Waals surface area contributed by atoms with Crippen LogP contribution in [-0.2, 0) is 15.0 Å². The highest BCUT2D eigenvalue weighted by atomic mass is 16.7. The van der Waals surface area contributed by atoms with Crippen LogP contribution in [-0.4, -0.2) is 42.8 Å². The first-order valence-electron chi connectivity index (χ1n) is 9.20. The Balaban J connectivity index is 1.58. The van der Waals surface area contributed by atoms with Crippen molar-refractivity contribution in [2.24, 2.45) is 0 Å². The second-order valence-corrected chi connectivity index (χ2v) is 6.63. The molecule has 0 saturated carbocycles. The summed E-state index contributed by atoms with van der Waals surface area (Å²) in [5.41, 5.74) is -0.294. The molecule has 8 heteroatoms. The molecule has 0 radical (unpaired) electrons. The van der Waals surface area contributed by atoms with Crippen molar-refractivity contribution in [2.75, 3.05) is 19.9 Å². The van der Waals surface area contributed by atoms with Gasteiger partial charge in [0.1, 0.15) is 5.41 Å². The lowest BCUT2D eigenvalue weighted by atomic mass is 9.78. The summed E-state index contributed by atoms with van der Waals surface area (Å²) in [6.45, 7) is 1.50. The van der Waals surface area contributed by atoms with Crippen molar-refractivity contribution in [3.63, 3.8) is 0 Å². The van der Waals surface area contributed by atoms with Gasteiger partial charge >= 0.3 is 5.97 Å². The van der Waals surface area contributed by atoms with E-state index in [1.807, 2.05) is 0 Å². The fraction of sp³-hybridized carbons (Fsp3) is 0.286. The average molecular weight is 398 g/mol. The second-order valence-electron chi connectivity index (χ2n) is 6.63. The minimum atomic E-state index is -1.24. The molecule has 2 aromatic rings. The van der Waals surface area contributed by atoms with E-state index in [0.29, 0.717) is 29.0 Å². The van der Waals surface area contributed by atoms with Crippen LogP contribution in [0.4, 0.5) is 0 Å². The smallest absolute Gasteiger partial charge is 0.315 e. The fourth-order valence-corrected chi connectivity index (χ4v) is 3.15. The first kappa shape index (κ1) is 20.2. The molecule has 2 amide bonds. The Kier molecular flexibility index (Phi) is 6.01. The predicted octanol–water partition coefficient (Wildman–Crippen LogP) is 1.69. The van der Waals surface area contributed by atoms with Crippen LogP contribution < -0.4 is 20.1 Å². The van der Waals surface area contributed by atoms with Gasteiger partial charge in [-0.1, -0.05) is 37.3 Å². The molecule has 152 valence electrons. The third-order valence-electron chi connectivity index (χ3n) is 4.97. The van der Waals surface area contributed by atoms with Crippen molar-refractivity contribution in [3.8, 4) is 11.5 Å². The summed E-state index contributed by atoms with van der Waals surface area (Å²) in [6.07, 6.45) is 0.302. The number of hydrogen-bond acceptors (Lipinski definition) is 5. The lowest BCUT2D eigenvalue weighted by Crippen LogP contribution is -2.48. The van der Waals surface area contributed by atoms with E-state index in [1.54, 1.807) is 49.4 Å². The van der Waals surface area contributed by atoms with Crippen LogP contribution in [0.1, 0.15) is 29.3 Å². The maximum Gasteiger partial charge on any atom is 0.315 e. The number of aliphatic carboxylic acids is 1. The van der Waals surface area contributed by atoms with Crippen molar-refractivity contribution in [1.29, 1.82) is 0 Å². The first-order valence-corrected chi connectivity index (χ1v) is 9.20. The first-order chi connectivity index (χ1) is 14.0. The van der Waals surface area contributed by atoms with Gasteiger partial charge in [-0.05, 0) is 30.2 Å². The number of hydrogen-bond donors (Lipinski definition) is 3. The molecule has 0 spiro atoms. The van der Waals surface area contributed by atoms with Crippen LogP contribution >= 0.6 is 0 Å². The zero-order valence-electron chi connectivity index (χ0n) is 15.9. The van der Waals surface area contributed by atoms with E-state index in [-0.39, 0.29) is 19.9 Å². The van der Waals surface area contributed by atoms with Gasteiger partial charge in [0.25, 0.3) is 5.91 Å². The number of nitrogens with one attached hydrogen (secondary N) is 2. The Morgan fingerprint density at radius 3 is 2.45 bits per heavy atom. The van der Waals surface area contributed by atoms with Crippen LogP contribution in [0.25, 0.3) is 0 Å². The number of fused-ring (bicyclic) bond motifs is 1. The molecule has 1 unspecified atom stereocenters. The Morgan fingerprint density at radius 2 is 1.76 bits per heavy atom. The standard InChI is InChI=1S/C21H22N2O6/c1-2-21(20(26)27,15-6-4-3-5-7-15)12-23-18(24)11-22-19(25)14-8-9-16-17(10-14)29-13-28-16/h3-10H,2,11-13H2,1H3,(H,22,25)(H,23,24)(H,26,27). The van der Waals surface area contributed by atoms with E-state index in [4.69, 9.17) is 9.47 Å². The number of ether oxygens (including phenoxy) is 2. The molecule has 0 aromatic heterocycles. The molecule has 8 nitrogen and oxygen atoms in total. The van der Waals surface area contributed by atoms with E-state index < -0.39 is 23.2 Å². The summed E-state index contributed by atoms with van der Waals surface area (Å²) >= 11 is 0. The molecule has 1 atom stereocenters. The molecule has 0 bridgehead atoms. The summed E-state index contributed by atoms with van der Waals surface area (Å²) in [4.78, 5) is 36.4. The minimum Gasteiger partial charge on any atom is -0.481 e. The van der Waals surface area contributed by atoms with Crippen molar-refractivity contribution < 1.29 is 29.0 Å². The van der Waals surface area contributed by atoms with Gasteiger partial charge in [0, 0.05) is 12.1 Å². The number of carbonyl (C=O) groups is 3. The summed E-state index contributed by atoms with van der Waals surface area (Å²) in [6, 6.07) is 13.5. The Bertz CT molecular complexity index is 915. The van der Waals surface area contributed by atoms with E-state index >= 15 is 0 Å². The van der Waals surface area contributed by atoms with Gasteiger partial charge in [0.2, 0.25) is 12.7 Å². The SMILES string of the molecule is CCC(CNC(=O)CNC(=O)c1ccc2c(c1)OCO2)(C(=O)O)c1ccccc1. The Hall–Kier alpha value is -3.55. The predicted molar refractivity (Wildman–Crippen MR) is 104 cm³/mol. The van der Waals surface area contributed by atoms with Crippen molar-refractivity contribution in [2.45, 2.75) is 18.8 Å². The van der Waals surface area contributed by atoms with E-state index in [2.05, 4.69) is 10.6 Å². The minimum absolute atomic E-state index is 0.0818. The number of rotatable bonds is 8. The molecule has 1 heterocycles. The van der Waals surface area contributed by atoms with E-state index in [9.17, 15) is 19.5 Å². The largest absolute Gasteiger partial charge is 0.481 e. The zero-order valence-corrected chi connectivity index (χ0v) is 15.9. The van der Waals surface area contributed by atoms with Crippen LogP contribution in [0.15, 0.2) is 48.5 Å². The van der Waals surface area contributed by atoms with Crippen molar-refractivity contribution >= 4 is 17.8 Å². The van der Waals surface area contributed by atoms with Crippen LogP contribution in [0, 0.1) is 0 Å². The van der Waals surface area contributed by atoms with Gasteiger partial charge in [-0.2, -0.15) is 0 Å². The van der Waals surface area contributed by atoms with Crippen LogP contribution in [0.3, 0.4) is 0 Å². The zero-order chi connectivity index (χ0) is 20.9. The lowest BCUT2D eigenvalue weighted by Gasteiger charge is -2.29. The van der Waals surface area contributed by atoms with Gasteiger partial charge in [-0.15, -0.1) is 0 Å². The highest BCUT2D eigenvalue weighted by Crippen LogP contribution is 2.32. The van der Waals surface area contributed by atoms with Gasteiger partial charge in [-0.25, -0.2) is 0 Å². The second kappa shape index (κ2) is 8.64. The molecule has 3 rings (SSSR count). The number of carboxylic acid groups (broad SMARTS) is 1. The molecule has 2 aromatic carbocycles. The molecular formula is C21H22N2O6. The Labute approximate surface area is 167 Å². The molecule has 0 aliphatic carbocycles. The topological polar surface area (TPSA) is 114 Å². The molecule has 1 aliphatic rings. The lowest BCUT2D eigenvalue weighted by molar-refractivity contribution is -0.144. The van der Waals surface area contributed by atoms with Crippen molar-refractivity contribution in [3.05, 3.63) is 59.7 Å². The molecule has 3 N–H and O–H groups in total. The highest BCUT2D eigenvalue weighted by molar-refractivity contribution is 5.97. The molecule has 1 aliphatic heterocycles. The van der Waals surface area contributed by atoms with E-state index in [0.717, 1.165) is 0 Å². The molecule has 0 saturated heterocycles. The maximum absolute atomic E-state index is 12.3. The summed E-state index contributed by atoms with van der Waals surface area (Å²) in [5.74, 6) is -0.907. The maximum atomic E-state index is 12.3. The fourth-order valence-electron chi connectivity index (χ4n) is 3.15. The molecular weight excluding hydrogens is 376 g/mol. The molecule has 0 fully saturated rings. The highest BCUT2D eigenvalue weighted by Gasteiger charge is 2.38. The number of carboxylic acids is 1. The van der Waals surface area contributed by atoms with E-state index in [1.165, 1.54) is 6.07 Å². The van der Waals surface area contributed by atoms with Gasteiger partial charge in [-0.3, -0.25) is 14.4 Å². The van der Waals surface area contributed by atoms with Gasteiger partial charge < -0.3 is 25.2 Å². The summed E-state index contributed by atoms with van der Waals surface area (Å²) in [5, 5.41) is 14.9. The molecule has 29 heavy (non-hydrogen) atoms. The number of benzene rings is 2.